The van der Waals surface area contributed by atoms with Gasteiger partial charge < -0.3 is 14.4 Å². The molecule has 1 aliphatic heterocycles. The van der Waals surface area contributed by atoms with Gasteiger partial charge in [0, 0.05) is 23.7 Å². The number of piperidine rings is 1. The van der Waals surface area contributed by atoms with Crippen LogP contribution in [0.5, 0.6) is 5.75 Å². The number of rotatable bonds is 5. The zero-order chi connectivity index (χ0) is 16.2. The molecule has 1 aromatic heterocycles. The summed E-state index contributed by atoms with van der Waals surface area (Å²) in [6.07, 6.45) is 3.75. The largest absolute Gasteiger partial charge is 0.496 e. The highest BCUT2D eigenvalue weighted by atomic mass is 16.5. The van der Waals surface area contributed by atoms with Gasteiger partial charge in [0.15, 0.2) is 11.5 Å². The molecule has 0 spiro atoms. The smallest absolute Gasteiger partial charge is 0.358 e. The molecule has 0 amide bonds. The molecule has 0 bridgehead atoms. The molecule has 23 heavy (non-hydrogen) atoms. The van der Waals surface area contributed by atoms with E-state index in [1.165, 1.54) is 25.3 Å². The number of ether oxygens (including phenoxy) is 1. The van der Waals surface area contributed by atoms with E-state index in [0.29, 0.717) is 5.76 Å². The molecule has 3 rings (SSSR count). The van der Waals surface area contributed by atoms with Crippen molar-refractivity contribution in [1.29, 1.82) is 0 Å². The van der Waals surface area contributed by atoms with E-state index in [9.17, 15) is 4.79 Å². The van der Waals surface area contributed by atoms with E-state index in [4.69, 9.17) is 14.4 Å². The molecule has 122 valence electrons. The first-order valence-electron chi connectivity index (χ1n) is 7.77. The molecule has 1 saturated heterocycles. The minimum atomic E-state index is -1.10. The van der Waals surface area contributed by atoms with Crippen LogP contribution in [0.3, 0.4) is 0 Å². The highest BCUT2D eigenvalue weighted by Gasteiger charge is 2.16. The number of aromatic carboxylic acids is 1. The van der Waals surface area contributed by atoms with Crippen LogP contribution in [-0.4, -0.2) is 41.3 Å². The van der Waals surface area contributed by atoms with Gasteiger partial charge in [0.2, 0.25) is 0 Å². The topological polar surface area (TPSA) is 75.8 Å². The Hall–Kier alpha value is -2.34. The summed E-state index contributed by atoms with van der Waals surface area (Å²) >= 11 is 0. The number of likely N-dealkylation sites (tertiary alicyclic amines) is 1. The maximum atomic E-state index is 10.9. The lowest BCUT2D eigenvalue weighted by Crippen LogP contribution is -2.29. The Morgan fingerprint density at radius 2 is 2.09 bits per heavy atom. The van der Waals surface area contributed by atoms with Gasteiger partial charge in [-0.1, -0.05) is 11.6 Å². The number of methoxy groups -OCH3 is 1. The van der Waals surface area contributed by atoms with Gasteiger partial charge in [0.1, 0.15) is 5.75 Å². The normalized spacial score (nSPS) is 15.5. The number of benzene rings is 1. The van der Waals surface area contributed by atoms with Gasteiger partial charge in [0.05, 0.1) is 7.11 Å². The van der Waals surface area contributed by atoms with E-state index in [0.717, 1.165) is 36.5 Å². The van der Waals surface area contributed by atoms with Crippen molar-refractivity contribution in [1.82, 2.24) is 10.1 Å². The quantitative estimate of drug-likeness (QED) is 0.914. The maximum absolute atomic E-state index is 10.9. The zero-order valence-corrected chi connectivity index (χ0v) is 13.1. The average Bonchev–Trinajstić information content (AvgIpc) is 3.06. The Morgan fingerprint density at radius 3 is 2.74 bits per heavy atom. The highest BCUT2D eigenvalue weighted by molar-refractivity contribution is 5.86. The second kappa shape index (κ2) is 6.83. The highest BCUT2D eigenvalue weighted by Crippen LogP contribution is 2.29. The molecular weight excluding hydrogens is 296 g/mol. The first-order valence-corrected chi connectivity index (χ1v) is 7.77. The Kier molecular flexibility index (Phi) is 4.62. The summed E-state index contributed by atoms with van der Waals surface area (Å²) in [4.78, 5) is 13.3. The van der Waals surface area contributed by atoms with Crippen molar-refractivity contribution in [3.05, 3.63) is 35.5 Å². The predicted octanol–water partition coefficient (Wildman–Crippen LogP) is 3.03. The van der Waals surface area contributed by atoms with Crippen molar-refractivity contribution in [3.63, 3.8) is 0 Å². The molecule has 0 aliphatic carbocycles. The minimum absolute atomic E-state index is 0.0894. The van der Waals surface area contributed by atoms with Gasteiger partial charge in [-0.25, -0.2) is 4.79 Å². The van der Waals surface area contributed by atoms with Gasteiger partial charge in [-0.2, -0.15) is 0 Å². The van der Waals surface area contributed by atoms with Crippen LogP contribution in [0.2, 0.25) is 0 Å². The minimum Gasteiger partial charge on any atom is -0.496 e. The van der Waals surface area contributed by atoms with Crippen LogP contribution in [0.15, 0.2) is 28.8 Å². The van der Waals surface area contributed by atoms with Crippen LogP contribution in [0, 0.1) is 0 Å². The summed E-state index contributed by atoms with van der Waals surface area (Å²) in [5.74, 6) is 0.185. The average molecular weight is 316 g/mol. The molecule has 1 fully saturated rings. The lowest BCUT2D eigenvalue weighted by Gasteiger charge is -2.27. The third kappa shape index (κ3) is 3.53. The van der Waals surface area contributed by atoms with Gasteiger partial charge in [-0.05, 0) is 44.1 Å². The Bertz CT molecular complexity index is 690. The maximum Gasteiger partial charge on any atom is 0.358 e. The fourth-order valence-electron chi connectivity index (χ4n) is 2.93. The molecule has 2 heterocycles. The van der Waals surface area contributed by atoms with E-state index in [1.807, 2.05) is 18.2 Å². The number of hydrogen-bond donors (Lipinski definition) is 1. The second-order valence-electron chi connectivity index (χ2n) is 5.74. The van der Waals surface area contributed by atoms with Gasteiger partial charge in [-0.15, -0.1) is 0 Å². The van der Waals surface area contributed by atoms with Crippen LogP contribution in [0.1, 0.15) is 35.3 Å². The number of hydrogen-bond acceptors (Lipinski definition) is 5. The molecular formula is C17H20N2O4. The Morgan fingerprint density at radius 1 is 1.30 bits per heavy atom. The Labute approximate surface area is 134 Å². The van der Waals surface area contributed by atoms with Crippen LogP contribution in [0.4, 0.5) is 0 Å². The van der Waals surface area contributed by atoms with Crippen molar-refractivity contribution >= 4 is 5.97 Å². The molecule has 1 aromatic carbocycles. The molecule has 0 atom stereocenters. The molecule has 6 nitrogen and oxygen atoms in total. The monoisotopic (exact) mass is 316 g/mol. The van der Waals surface area contributed by atoms with Crippen LogP contribution in [-0.2, 0) is 6.54 Å². The zero-order valence-electron chi connectivity index (χ0n) is 13.1. The van der Waals surface area contributed by atoms with Crippen molar-refractivity contribution < 1.29 is 19.2 Å². The predicted molar refractivity (Wildman–Crippen MR) is 84.6 cm³/mol. The van der Waals surface area contributed by atoms with Crippen LogP contribution < -0.4 is 4.74 Å². The number of carbonyl (C=O) groups is 1. The molecule has 1 aliphatic rings. The van der Waals surface area contributed by atoms with E-state index in [-0.39, 0.29) is 5.69 Å². The standard InChI is InChI=1S/C17H20N2O4/c1-22-15-6-5-12(16-10-14(17(20)21)18-23-16)9-13(15)11-19-7-3-2-4-8-19/h5-6,9-10H,2-4,7-8,11H2,1H3,(H,20,21). The summed E-state index contributed by atoms with van der Waals surface area (Å²) in [6.45, 7) is 3.01. The third-order valence-corrected chi connectivity index (χ3v) is 4.14. The van der Waals surface area contributed by atoms with Crippen molar-refractivity contribution in [2.24, 2.45) is 0 Å². The van der Waals surface area contributed by atoms with Crippen LogP contribution in [0.25, 0.3) is 11.3 Å². The number of aromatic nitrogens is 1. The van der Waals surface area contributed by atoms with Crippen molar-refractivity contribution in [2.75, 3.05) is 20.2 Å². The summed E-state index contributed by atoms with van der Waals surface area (Å²) < 4.78 is 10.6. The molecule has 0 radical (unpaired) electrons. The van der Waals surface area contributed by atoms with E-state index in [1.54, 1.807) is 7.11 Å². The first kappa shape index (κ1) is 15.6. The van der Waals surface area contributed by atoms with Crippen molar-refractivity contribution in [2.45, 2.75) is 25.8 Å². The molecule has 1 N–H and O–H groups in total. The number of carboxylic acids is 1. The Balaban J connectivity index is 1.86. The third-order valence-electron chi connectivity index (χ3n) is 4.14. The van der Waals surface area contributed by atoms with Crippen LogP contribution >= 0.6 is 0 Å². The lowest BCUT2D eigenvalue weighted by atomic mass is 10.1. The number of nitrogens with zero attached hydrogens (tertiary/aromatic N) is 2. The second-order valence-corrected chi connectivity index (χ2v) is 5.74. The molecule has 2 aromatic rings. The van der Waals surface area contributed by atoms with Gasteiger partial charge >= 0.3 is 5.97 Å². The van der Waals surface area contributed by atoms with Gasteiger partial charge in [-0.3, -0.25) is 4.90 Å². The fraction of sp³-hybridized carbons (Fsp3) is 0.412. The fourth-order valence-corrected chi connectivity index (χ4v) is 2.93. The molecule has 6 heteroatoms. The van der Waals surface area contributed by atoms with E-state index < -0.39 is 5.97 Å². The summed E-state index contributed by atoms with van der Waals surface area (Å²) in [7, 11) is 1.66. The summed E-state index contributed by atoms with van der Waals surface area (Å²) in [6, 6.07) is 7.16. The van der Waals surface area contributed by atoms with Crippen molar-refractivity contribution in [3.8, 4) is 17.1 Å². The van der Waals surface area contributed by atoms with E-state index in [2.05, 4.69) is 10.1 Å². The first-order chi connectivity index (χ1) is 11.2. The van der Waals surface area contributed by atoms with Gasteiger partial charge in [0.25, 0.3) is 0 Å². The molecule has 0 unspecified atom stereocenters. The summed E-state index contributed by atoms with van der Waals surface area (Å²) in [5.41, 5.74) is 1.78. The lowest BCUT2D eigenvalue weighted by molar-refractivity contribution is 0.0686. The van der Waals surface area contributed by atoms with E-state index >= 15 is 0 Å². The SMILES string of the molecule is COc1ccc(-c2cc(C(=O)O)no2)cc1CN1CCCCC1. The number of carboxylic acid groups (broad SMARTS) is 1. The summed E-state index contributed by atoms with van der Waals surface area (Å²) in [5, 5.41) is 12.5. The molecule has 0 saturated carbocycles.